The van der Waals surface area contributed by atoms with Crippen LogP contribution in [0.15, 0.2) is 18.3 Å². The molecule has 1 aromatic carbocycles. The SMILES string of the molecule is Cc1cc(C)c(NC(=O)c2nn(C)cc2N)c(C)c1. The summed E-state index contributed by atoms with van der Waals surface area (Å²) in [6.07, 6.45) is 1.61. The highest BCUT2D eigenvalue weighted by Crippen LogP contribution is 2.23. The van der Waals surface area contributed by atoms with E-state index in [1.807, 2.05) is 32.9 Å². The number of hydrogen-bond acceptors (Lipinski definition) is 3. The smallest absolute Gasteiger partial charge is 0.278 e. The number of anilines is 2. The summed E-state index contributed by atoms with van der Waals surface area (Å²) in [5, 5.41) is 6.94. The molecule has 0 atom stereocenters. The van der Waals surface area contributed by atoms with Crippen molar-refractivity contribution in [1.29, 1.82) is 0 Å². The third kappa shape index (κ3) is 2.59. The van der Waals surface area contributed by atoms with Crippen LogP contribution in [0.4, 0.5) is 11.4 Å². The minimum absolute atomic E-state index is 0.252. The molecule has 1 heterocycles. The number of amides is 1. The van der Waals surface area contributed by atoms with Gasteiger partial charge < -0.3 is 11.1 Å². The molecule has 5 nitrogen and oxygen atoms in total. The maximum absolute atomic E-state index is 12.2. The molecule has 0 fully saturated rings. The van der Waals surface area contributed by atoms with Crippen LogP contribution in [0.1, 0.15) is 27.2 Å². The fraction of sp³-hybridized carbons (Fsp3) is 0.286. The number of nitrogens with one attached hydrogen (secondary N) is 1. The third-order valence-electron chi connectivity index (χ3n) is 2.99. The largest absolute Gasteiger partial charge is 0.396 e. The van der Waals surface area contributed by atoms with Crippen LogP contribution >= 0.6 is 0 Å². The number of nitrogen functional groups attached to an aromatic ring is 1. The van der Waals surface area contributed by atoms with Crippen LogP contribution in [0.5, 0.6) is 0 Å². The molecular weight excluding hydrogens is 240 g/mol. The normalized spacial score (nSPS) is 10.5. The fourth-order valence-corrected chi connectivity index (χ4v) is 2.23. The number of aromatic nitrogens is 2. The first kappa shape index (κ1) is 13.1. The Labute approximate surface area is 112 Å². The second kappa shape index (κ2) is 4.76. The lowest BCUT2D eigenvalue weighted by Gasteiger charge is -2.12. The average molecular weight is 258 g/mol. The minimum atomic E-state index is -0.284. The van der Waals surface area contributed by atoms with Gasteiger partial charge in [0.05, 0.1) is 5.69 Å². The van der Waals surface area contributed by atoms with Gasteiger partial charge in [-0.1, -0.05) is 17.7 Å². The molecule has 0 radical (unpaired) electrons. The van der Waals surface area contributed by atoms with E-state index in [0.717, 1.165) is 16.8 Å². The van der Waals surface area contributed by atoms with E-state index in [0.29, 0.717) is 5.69 Å². The van der Waals surface area contributed by atoms with E-state index in [1.165, 1.54) is 10.2 Å². The van der Waals surface area contributed by atoms with Crippen LogP contribution in [0.3, 0.4) is 0 Å². The summed E-state index contributed by atoms with van der Waals surface area (Å²) in [4.78, 5) is 12.2. The van der Waals surface area contributed by atoms with E-state index >= 15 is 0 Å². The van der Waals surface area contributed by atoms with Gasteiger partial charge in [-0.05, 0) is 31.9 Å². The van der Waals surface area contributed by atoms with Crippen LogP contribution < -0.4 is 11.1 Å². The number of hydrogen-bond donors (Lipinski definition) is 2. The summed E-state index contributed by atoms with van der Waals surface area (Å²) in [7, 11) is 1.73. The molecular formula is C14H18N4O. The molecule has 0 spiro atoms. The zero-order chi connectivity index (χ0) is 14.2. The molecule has 5 heteroatoms. The van der Waals surface area contributed by atoms with Gasteiger partial charge in [-0.15, -0.1) is 0 Å². The van der Waals surface area contributed by atoms with Gasteiger partial charge >= 0.3 is 0 Å². The Hall–Kier alpha value is -2.30. The van der Waals surface area contributed by atoms with Crippen molar-refractivity contribution in [2.24, 2.45) is 7.05 Å². The maximum Gasteiger partial charge on any atom is 0.278 e. The van der Waals surface area contributed by atoms with Crippen LogP contribution in [0.2, 0.25) is 0 Å². The predicted octanol–water partition coefficient (Wildman–Crippen LogP) is 2.18. The van der Waals surface area contributed by atoms with E-state index in [1.54, 1.807) is 13.2 Å². The van der Waals surface area contributed by atoms with Gasteiger partial charge in [-0.3, -0.25) is 9.48 Å². The van der Waals surface area contributed by atoms with Crippen LogP contribution in [0, 0.1) is 20.8 Å². The summed E-state index contributed by atoms with van der Waals surface area (Å²) < 4.78 is 1.53. The van der Waals surface area contributed by atoms with Crippen molar-refractivity contribution >= 4 is 17.3 Å². The summed E-state index contributed by atoms with van der Waals surface area (Å²) in [5.74, 6) is -0.284. The highest BCUT2D eigenvalue weighted by Gasteiger charge is 2.16. The van der Waals surface area contributed by atoms with Crippen molar-refractivity contribution in [3.8, 4) is 0 Å². The average Bonchev–Trinajstić information content (AvgIpc) is 2.62. The van der Waals surface area contributed by atoms with Gasteiger partial charge in [0.15, 0.2) is 5.69 Å². The molecule has 3 N–H and O–H groups in total. The van der Waals surface area contributed by atoms with Gasteiger partial charge in [0.2, 0.25) is 0 Å². The number of benzene rings is 1. The lowest BCUT2D eigenvalue weighted by molar-refractivity contribution is 0.102. The molecule has 1 amide bonds. The molecule has 2 rings (SSSR count). The topological polar surface area (TPSA) is 72.9 Å². The van der Waals surface area contributed by atoms with Crippen molar-refractivity contribution in [1.82, 2.24) is 9.78 Å². The third-order valence-corrected chi connectivity index (χ3v) is 2.99. The zero-order valence-electron chi connectivity index (χ0n) is 11.6. The van der Waals surface area contributed by atoms with Gasteiger partial charge in [0.1, 0.15) is 0 Å². The molecule has 2 aromatic rings. The number of carbonyl (C=O) groups is 1. The molecule has 0 aliphatic carbocycles. The first-order valence-corrected chi connectivity index (χ1v) is 6.07. The molecule has 100 valence electrons. The number of aryl methyl sites for hydroxylation is 4. The second-order valence-corrected chi connectivity index (χ2v) is 4.83. The number of nitrogens with two attached hydrogens (primary N) is 1. The molecule has 1 aromatic heterocycles. The highest BCUT2D eigenvalue weighted by atomic mass is 16.2. The number of rotatable bonds is 2. The molecule has 0 unspecified atom stereocenters. The zero-order valence-corrected chi connectivity index (χ0v) is 11.6. The molecule has 19 heavy (non-hydrogen) atoms. The Bertz CT molecular complexity index is 620. The summed E-state index contributed by atoms with van der Waals surface area (Å²) in [5.41, 5.74) is 10.4. The standard InChI is InChI=1S/C14H18N4O/c1-8-5-9(2)12(10(3)6-8)16-14(19)13-11(15)7-18(4)17-13/h5-7H,15H2,1-4H3,(H,16,19). The van der Waals surface area contributed by atoms with Crippen molar-refractivity contribution in [3.05, 3.63) is 40.7 Å². The van der Waals surface area contributed by atoms with Crippen molar-refractivity contribution in [2.75, 3.05) is 11.1 Å². The van der Waals surface area contributed by atoms with Gasteiger partial charge in [-0.25, -0.2) is 0 Å². The highest BCUT2D eigenvalue weighted by molar-refractivity contribution is 6.06. The second-order valence-electron chi connectivity index (χ2n) is 4.83. The maximum atomic E-state index is 12.2. The summed E-state index contributed by atoms with van der Waals surface area (Å²) in [6, 6.07) is 4.06. The van der Waals surface area contributed by atoms with E-state index < -0.39 is 0 Å². The Morgan fingerprint density at radius 1 is 1.26 bits per heavy atom. The van der Waals surface area contributed by atoms with Gasteiger partial charge in [0, 0.05) is 18.9 Å². The lowest BCUT2D eigenvalue weighted by Crippen LogP contribution is -2.16. The Morgan fingerprint density at radius 3 is 2.32 bits per heavy atom. The van der Waals surface area contributed by atoms with Crippen molar-refractivity contribution in [3.63, 3.8) is 0 Å². The Morgan fingerprint density at radius 2 is 1.84 bits per heavy atom. The summed E-state index contributed by atoms with van der Waals surface area (Å²) in [6.45, 7) is 5.97. The molecule has 0 aliphatic heterocycles. The van der Waals surface area contributed by atoms with E-state index in [9.17, 15) is 4.79 Å². The molecule has 0 saturated heterocycles. The lowest BCUT2D eigenvalue weighted by atomic mass is 10.0. The molecule has 0 saturated carbocycles. The Kier molecular flexibility index (Phi) is 3.29. The van der Waals surface area contributed by atoms with Gasteiger partial charge in [-0.2, -0.15) is 5.10 Å². The minimum Gasteiger partial charge on any atom is -0.396 e. The first-order valence-electron chi connectivity index (χ1n) is 6.07. The monoisotopic (exact) mass is 258 g/mol. The Balaban J connectivity index is 2.32. The first-order chi connectivity index (χ1) is 8.88. The molecule has 0 bridgehead atoms. The molecule has 0 aliphatic rings. The summed E-state index contributed by atoms with van der Waals surface area (Å²) >= 11 is 0. The van der Waals surface area contributed by atoms with Crippen LogP contribution in [0.25, 0.3) is 0 Å². The van der Waals surface area contributed by atoms with Crippen LogP contribution in [-0.2, 0) is 7.05 Å². The van der Waals surface area contributed by atoms with E-state index in [2.05, 4.69) is 10.4 Å². The fourth-order valence-electron chi connectivity index (χ4n) is 2.23. The number of carbonyl (C=O) groups excluding carboxylic acids is 1. The van der Waals surface area contributed by atoms with E-state index in [-0.39, 0.29) is 11.6 Å². The van der Waals surface area contributed by atoms with Gasteiger partial charge in [0.25, 0.3) is 5.91 Å². The van der Waals surface area contributed by atoms with Crippen LogP contribution in [-0.4, -0.2) is 15.7 Å². The van der Waals surface area contributed by atoms with Crippen molar-refractivity contribution in [2.45, 2.75) is 20.8 Å². The van der Waals surface area contributed by atoms with Crippen molar-refractivity contribution < 1.29 is 4.79 Å². The van der Waals surface area contributed by atoms with E-state index in [4.69, 9.17) is 5.73 Å². The quantitative estimate of drug-likeness (QED) is 0.867. The number of nitrogens with zero attached hydrogens (tertiary/aromatic N) is 2. The predicted molar refractivity (Wildman–Crippen MR) is 76.2 cm³/mol.